The second kappa shape index (κ2) is 9.78. The quantitative estimate of drug-likeness (QED) is 0.491. The van der Waals surface area contributed by atoms with Crippen molar-refractivity contribution in [3.63, 3.8) is 0 Å². The van der Waals surface area contributed by atoms with Gasteiger partial charge in [-0.1, -0.05) is 41.0 Å². The molecule has 0 radical (unpaired) electrons. The molecule has 0 rings (SSSR count). The van der Waals surface area contributed by atoms with Crippen molar-refractivity contribution in [2.75, 3.05) is 6.61 Å². The molecular weight excluding hydrogens is 256 g/mol. The summed E-state index contributed by atoms with van der Waals surface area (Å²) < 4.78 is 5.26. The van der Waals surface area contributed by atoms with E-state index in [0.29, 0.717) is 19.4 Å². The molecule has 0 amide bonds. The number of carboxylic acids is 1. The van der Waals surface area contributed by atoms with Crippen molar-refractivity contribution in [1.82, 2.24) is 0 Å². The Morgan fingerprint density at radius 3 is 1.90 bits per heavy atom. The number of carbonyl (C=O) groups excluding carboxylic acids is 1. The van der Waals surface area contributed by atoms with Crippen LogP contribution in [0.1, 0.15) is 60.3 Å². The minimum absolute atomic E-state index is 0.245. The van der Waals surface area contributed by atoms with Gasteiger partial charge in [0, 0.05) is 0 Å². The second-order valence-corrected chi connectivity index (χ2v) is 6.33. The number of hydrogen-bond acceptors (Lipinski definition) is 3. The van der Waals surface area contributed by atoms with Crippen LogP contribution in [0.2, 0.25) is 0 Å². The van der Waals surface area contributed by atoms with E-state index >= 15 is 0 Å². The maximum Gasteiger partial charge on any atom is 0.309 e. The molecule has 20 heavy (non-hydrogen) atoms. The number of unbranched alkanes of at least 4 members (excludes halogenated alkanes) is 1. The zero-order chi connectivity index (χ0) is 15.7. The predicted molar refractivity (Wildman–Crippen MR) is 79.4 cm³/mol. The van der Waals surface area contributed by atoms with Crippen molar-refractivity contribution in [3.05, 3.63) is 0 Å². The van der Waals surface area contributed by atoms with E-state index in [4.69, 9.17) is 4.74 Å². The zero-order valence-electron chi connectivity index (χ0n) is 13.5. The summed E-state index contributed by atoms with van der Waals surface area (Å²) in [5.74, 6) is -1.91. The van der Waals surface area contributed by atoms with Crippen molar-refractivity contribution in [1.29, 1.82) is 0 Å². The molecule has 1 N–H and O–H groups in total. The van der Waals surface area contributed by atoms with Crippen LogP contribution in [0.3, 0.4) is 0 Å². The highest BCUT2D eigenvalue weighted by molar-refractivity contribution is 5.81. The lowest BCUT2D eigenvalue weighted by atomic mass is 9.81. The van der Waals surface area contributed by atoms with Crippen molar-refractivity contribution in [2.24, 2.45) is 23.7 Å². The van der Waals surface area contributed by atoms with Gasteiger partial charge in [0.1, 0.15) is 0 Å². The number of hydrogen-bond donors (Lipinski definition) is 1. The lowest BCUT2D eigenvalue weighted by Crippen LogP contribution is -2.33. The first-order valence-electron chi connectivity index (χ1n) is 7.68. The molecule has 0 spiro atoms. The maximum atomic E-state index is 12.2. The summed E-state index contributed by atoms with van der Waals surface area (Å²) in [6, 6.07) is 0. The normalized spacial score (nSPS) is 14.3. The lowest BCUT2D eigenvalue weighted by molar-refractivity contribution is -0.159. The minimum atomic E-state index is -0.892. The second-order valence-electron chi connectivity index (χ2n) is 6.33. The summed E-state index contributed by atoms with van der Waals surface area (Å²) in [5, 5.41) is 9.42. The van der Waals surface area contributed by atoms with Crippen LogP contribution in [0, 0.1) is 23.7 Å². The SMILES string of the molecule is CCCCOC(=O)[C@H](CC(C)C)[C@H](CC(C)C)C(=O)O. The van der Waals surface area contributed by atoms with Crippen LogP contribution in [-0.2, 0) is 14.3 Å². The molecule has 0 aromatic carbocycles. The molecule has 4 nitrogen and oxygen atoms in total. The average Bonchev–Trinajstić information content (AvgIpc) is 2.32. The fraction of sp³-hybridized carbons (Fsp3) is 0.875. The zero-order valence-corrected chi connectivity index (χ0v) is 13.5. The molecule has 0 aliphatic carbocycles. The van der Waals surface area contributed by atoms with Crippen LogP contribution >= 0.6 is 0 Å². The first-order chi connectivity index (χ1) is 9.29. The van der Waals surface area contributed by atoms with Gasteiger partial charge in [-0.3, -0.25) is 9.59 Å². The monoisotopic (exact) mass is 286 g/mol. The summed E-state index contributed by atoms with van der Waals surface area (Å²) in [4.78, 5) is 23.7. The van der Waals surface area contributed by atoms with E-state index in [-0.39, 0.29) is 17.8 Å². The van der Waals surface area contributed by atoms with E-state index in [1.54, 1.807) is 0 Å². The molecule has 0 bridgehead atoms. The van der Waals surface area contributed by atoms with Crippen LogP contribution in [-0.4, -0.2) is 23.7 Å². The van der Waals surface area contributed by atoms with E-state index in [9.17, 15) is 14.7 Å². The number of carbonyl (C=O) groups is 2. The highest BCUT2D eigenvalue weighted by Gasteiger charge is 2.35. The summed E-state index contributed by atoms with van der Waals surface area (Å²) in [7, 11) is 0. The van der Waals surface area contributed by atoms with Gasteiger partial charge in [0.2, 0.25) is 0 Å². The molecule has 0 heterocycles. The van der Waals surface area contributed by atoms with Gasteiger partial charge >= 0.3 is 11.9 Å². The first kappa shape index (κ1) is 18.9. The van der Waals surface area contributed by atoms with Crippen LogP contribution in [0.4, 0.5) is 0 Å². The van der Waals surface area contributed by atoms with Gasteiger partial charge < -0.3 is 9.84 Å². The highest BCUT2D eigenvalue weighted by atomic mass is 16.5. The Morgan fingerprint density at radius 2 is 1.50 bits per heavy atom. The van der Waals surface area contributed by atoms with Gasteiger partial charge in [0.05, 0.1) is 18.4 Å². The first-order valence-corrected chi connectivity index (χ1v) is 7.68. The molecule has 0 aromatic rings. The molecule has 2 atom stereocenters. The fourth-order valence-electron chi connectivity index (χ4n) is 2.30. The largest absolute Gasteiger partial charge is 0.481 e. The van der Waals surface area contributed by atoms with Crippen molar-refractivity contribution >= 4 is 11.9 Å². The van der Waals surface area contributed by atoms with Gasteiger partial charge in [0.15, 0.2) is 0 Å². The molecule has 0 aliphatic rings. The number of rotatable bonds is 10. The van der Waals surface area contributed by atoms with Gasteiger partial charge in [-0.2, -0.15) is 0 Å². The van der Waals surface area contributed by atoms with Crippen molar-refractivity contribution < 1.29 is 19.4 Å². The number of esters is 1. The van der Waals surface area contributed by atoms with Gasteiger partial charge in [0.25, 0.3) is 0 Å². The summed E-state index contributed by atoms with van der Waals surface area (Å²) in [6.07, 6.45) is 2.85. The summed E-state index contributed by atoms with van der Waals surface area (Å²) >= 11 is 0. The minimum Gasteiger partial charge on any atom is -0.481 e. The Bertz CT molecular complexity index is 297. The molecule has 0 aromatic heterocycles. The molecule has 0 saturated carbocycles. The smallest absolute Gasteiger partial charge is 0.309 e. The molecule has 4 heteroatoms. The Balaban J connectivity index is 4.88. The van der Waals surface area contributed by atoms with Crippen LogP contribution in [0.5, 0.6) is 0 Å². The van der Waals surface area contributed by atoms with E-state index in [1.807, 2.05) is 34.6 Å². The standard InChI is InChI=1S/C16H30O4/c1-6-7-8-20-16(19)14(10-12(4)5)13(15(17)18)9-11(2)3/h11-14H,6-10H2,1-5H3,(H,17,18)/t13-,14+/m0/s1. The molecule has 0 unspecified atom stereocenters. The van der Waals surface area contributed by atoms with Crippen LogP contribution in [0.25, 0.3) is 0 Å². The third kappa shape index (κ3) is 7.51. The Labute approximate surface area is 122 Å². The third-order valence-electron chi connectivity index (χ3n) is 3.30. The van der Waals surface area contributed by atoms with E-state index in [2.05, 4.69) is 0 Å². The molecule has 0 fully saturated rings. The predicted octanol–water partition coefficient (Wildman–Crippen LogP) is 3.74. The fourth-order valence-corrected chi connectivity index (χ4v) is 2.30. The molecule has 0 saturated heterocycles. The topological polar surface area (TPSA) is 63.6 Å². The summed E-state index contributed by atoms with van der Waals surface area (Å²) in [5.41, 5.74) is 0. The number of aliphatic carboxylic acids is 1. The van der Waals surface area contributed by atoms with Gasteiger partial charge in [-0.15, -0.1) is 0 Å². The Morgan fingerprint density at radius 1 is 1.00 bits per heavy atom. The molecular formula is C16H30O4. The number of ether oxygens (including phenoxy) is 1. The third-order valence-corrected chi connectivity index (χ3v) is 3.30. The maximum absolute atomic E-state index is 12.2. The van der Waals surface area contributed by atoms with Crippen molar-refractivity contribution in [3.8, 4) is 0 Å². The van der Waals surface area contributed by atoms with Crippen molar-refractivity contribution in [2.45, 2.75) is 60.3 Å². The number of carboxylic acid groups (broad SMARTS) is 1. The Hall–Kier alpha value is -1.06. The van der Waals surface area contributed by atoms with Crippen LogP contribution < -0.4 is 0 Å². The van der Waals surface area contributed by atoms with E-state index in [0.717, 1.165) is 12.8 Å². The highest BCUT2D eigenvalue weighted by Crippen LogP contribution is 2.28. The van der Waals surface area contributed by atoms with Crippen LogP contribution in [0.15, 0.2) is 0 Å². The van der Waals surface area contributed by atoms with Gasteiger partial charge in [-0.05, 0) is 31.1 Å². The van der Waals surface area contributed by atoms with E-state index < -0.39 is 17.8 Å². The lowest BCUT2D eigenvalue weighted by Gasteiger charge is -2.25. The molecule has 0 aliphatic heterocycles. The summed E-state index contributed by atoms with van der Waals surface area (Å²) in [6.45, 7) is 10.4. The average molecular weight is 286 g/mol. The molecule has 118 valence electrons. The Kier molecular flexibility index (Phi) is 9.26. The van der Waals surface area contributed by atoms with E-state index in [1.165, 1.54) is 0 Å². The van der Waals surface area contributed by atoms with Gasteiger partial charge in [-0.25, -0.2) is 0 Å².